The van der Waals surface area contributed by atoms with E-state index < -0.39 is 0 Å². The van der Waals surface area contributed by atoms with E-state index in [0.717, 1.165) is 31.0 Å². The van der Waals surface area contributed by atoms with Crippen molar-refractivity contribution in [1.82, 2.24) is 30.3 Å². The second-order valence-electron chi connectivity index (χ2n) is 5.54. The van der Waals surface area contributed by atoms with Gasteiger partial charge in [-0.25, -0.2) is 9.67 Å². The molecule has 2 N–H and O–H groups in total. The second-order valence-corrected chi connectivity index (χ2v) is 5.54. The molecule has 1 atom stereocenters. The minimum absolute atomic E-state index is 0.0228. The van der Waals surface area contributed by atoms with Crippen LogP contribution in [0.5, 0.6) is 0 Å². The number of nitrogens with one attached hydrogen (secondary N) is 2. The molecule has 0 aliphatic carbocycles. The van der Waals surface area contributed by atoms with Crippen LogP contribution >= 0.6 is 0 Å². The van der Waals surface area contributed by atoms with Crippen molar-refractivity contribution in [1.29, 1.82) is 0 Å². The zero-order valence-electron chi connectivity index (χ0n) is 12.1. The number of carbonyl (C=O) groups excluding carboxylic acids is 2. The number of fused-ring (bicyclic) bond motifs is 1. The van der Waals surface area contributed by atoms with Gasteiger partial charge in [0.1, 0.15) is 11.6 Å². The van der Waals surface area contributed by atoms with E-state index in [2.05, 4.69) is 20.7 Å². The lowest BCUT2D eigenvalue weighted by Crippen LogP contribution is -2.53. The van der Waals surface area contributed by atoms with E-state index in [4.69, 9.17) is 0 Å². The molecule has 8 heteroatoms. The third-order valence-electron chi connectivity index (χ3n) is 3.90. The van der Waals surface area contributed by atoms with E-state index in [1.165, 1.54) is 0 Å². The van der Waals surface area contributed by atoms with Gasteiger partial charge in [0.15, 0.2) is 0 Å². The van der Waals surface area contributed by atoms with Crippen LogP contribution < -0.4 is 10.6 Å². The normalized spacial score (nSPS) is 21.9. The molecule has 2 amide bonds. The number of nitrogens with zero attached hydrogens (tertiary/aromatic N) is 4. The van der Waals surface area contributed by atoms with Crippen molar-refractivity contribution < 1.29 is 9.59 Å². The van der Waals surface area contributed by atoms with E-state index in [1.807, 2.05) is 11.6 Å². The van der Waals surface area contributed by atoms with E-state index in [1.54, 1.807) is 4.90 Å². The fraction of sp³-hybridized carbons (Fsp3) is 0.692. The van der Waals surface area contributed by atoms with Crippen molar-refractivity contribution in [3.05, 3.63) is 11.6 Å². The zero-order valence-corrected chi connectivity index (χ0v) is 12.1. The van der Waals surface area contributed by atoms with Crippen LogP contribution in [0, 0.1) is 6.92 Å². The van der Waals surface area contributed by atoms with E-state index >= 15 is 0 Å². The summed E-state index contributed by atoms with van der Waals surface area (Å²) in [7, 11) is 0. The highest BCUT2D eigenvalue weighted by molar-refractivity contribution is 5.86. The summed E-state index contributed by atoms with van der Waals surface area (Å²) in [5.41, 5.74) is 0. The summed E-state index contributed by atoms with van der Waals surface area (Å²) in [6.07, 6.45) is 1.82. The monoisotopic (exact) mass is 292 g/mol. The Labute approximate surface area is 122 Å². The summed E-state index contributed by atoms with van der Waals surface area (Å²) in [5.74, 6) is 1.70. The molecule has 114 valence electrons. The highest BCUT2D eigenvalue weighted by atomic mass is 16.2. The zero-order chi connectivity index (χ0) is 14.8. The van der Waals surface area contributed by atoms with E-state index in [9.17, 15) is 9.59 Å². The van der Waals surface area contributed by atoms with Gasteiger partial charge in [0.05, 0.1) is 19.6 Å². The molecule has 2 aliphatic heterocycles. The Morgan fingerprint density at radius 2 is 2.38 bits per heavy atom. The van der Waals surface area contributed by atoms with Crippen LogP contribution in [0.25, 0.3) is 0 Å². The van der Waals surface area contributed by atoms with Gasteiger partial charge in [-0.2, -0.15) is 5.10 Å². The average molecular weight is 292 g/mol. The summed E-state index contributed by atoms with van der Waals surface area (Å²) < 4.78 is 1.91. The summed E-state index contributed by atoms with van der Waals surface area (Å²) in [5, 5.41) is 10.3. The van der Waals surface area contributed by atoms with Gasteiger partial charge in [-0.05, 0) is 13.3 Å². The van der Waals surface area contributed by atoms with Crippen molar-refractivity contribution in [3.8, 4) is 0 Å². The van der Waals surface area contributed by atoms with Crippen LogP contribution in [0.15, 0.2) is 0 Å². The van der Waals surface area contributed by atoms with Gasteiger partial charge in [-0.1, -0.05) is 0 Å². The molecule has 0 spiro atoms. The van der Waals surface area contributed by atoms with Crippen molar-refractivity contribution in [2.75, 3.05) is 26.2 Å². The number of hydrogen-bond donors (Lipinski definition) is 2. The number of aromatic nitrogens is 3. The SMILES string of the molecule is Cc1nc2n(n1)CC(NCC(=O)N1CCNC(=O)C1)CC2. The van der Waals surface area contributed by atoms with Crippen LogP contribution in [0.1, 0.15) is 18.1 Å². The standard InChI is InChI=1S/C13H20N6O2/c1-9-16-11-3-2-10(7-19(11)17-9)15-6-13(21)18-5-4-14-12(20)8-18/h10,15H,2-8H2,1H3,(H,14,20). The molecule has 1 fully saturated rings. The predicted octanol–water partition coefficient (Wildman–Crippen LogP) is -1.55. The maximum Gasteiger partial charge on any atom is 0.239 e. The third-order valence-corrected chi connectivity index (χ3v) is 3.90. The van der Waals surface area contributed by atoms with Gasteiger partial charge in [0.2, 0.25) is 11.8 Å². The van der Waals surface area contributed by atoms with Gasteiger partial charge in [0.25, 0.3) is 0 Å². The number of amides is 2. The van der Waals surface area contributed by atoms with E-state index in [0.29, 0.717) is 13.1 Å². The van der Waals surface area contributed by atoms with Gasteiger partial charge in [0, 0.05) is 25.6 Å². The first kappa shape index (κ1) is 14.0. The molecule has 1 unspecified atom stereocenters. The largest absolute Gasteiger partial charge is 0.353 e. The van der Waals surface area contributed by atoms with Crippen molar-refractivity contribution in [2.24, 2.45) is 0 Å². The highest BCUT2D eigenvalue weighted by Gasteiger charge is 2.24. The minimum atomic E-state index is -0.0880. The first-order valence-electron chi connectivity index (χ1n) is 7.30. The van der Waals surface area contributed by atoms with Crippen LogP contribution in [0.4, 0.5) is 0 Å². The van der Waals surface area contributed by atoms with Crippen molar-refractivity contribution in [3.63, 3.8) is 0 Å². The smallest absolute Gasteiger partial charge is 0.239 e. The number of rotatable bonds is 3. The number of hydrogen-bond acceptors (Lipinski definition) is 5. The van der Waals surface area contributed by atoms with Crippen LogP contribution in [0.2, 0.25) is 0 Å². The molecule has 3 heterocycles. The predicted molar refractivity (Wildman–Crippen MR) is 74.5 cm³/mol. The third kappa shape index (κ3) is 3.21. The second kappa shape index (κ2) is 5.80. The minimum Gasteiger partial charge on any atom is -0.353 e. The highest BCUT2D eigenvalue weighted by Crippen LogP contribution is 2.12. The Morgan fingerprint density at radius 3 is 3.19 bits per heavy atom. The van der Waals surface area contributed by atoms with Crippen LogP contribution in [-0.2, 0) is 22.6 Å². The molecule has 8 nitrogen and oxygen atoms in total. The fourth-order valence-corrected chi connectivity index (χ4v) is 2.80. The molecule has 21 heavy (non-hydrogen) atoms. The Bertz CT molecular complexity index is 555. The van der Waals surface area contributed by atoms with Crippen LogP contribution in [0.3, 0.4) is 0 Å². The molecule has 1 aromatic heterocycles. The topological polar surface area (TPSA) is 92.2 Å². The molecular weight excluding hydrogens is 272 g/mol. The van der Waals surface area contributed by atoms with E-state index in [-0.39, 0.29) is 30.9 Å². The molecule has 2 aliphatic rings. The Balaban J connectivity index is 1.49. The van der Waals surface area contributed by atoms with Crippen molar-refractivity contribution in [2.45, 2.75) is 32.4 Å². The fourth-order valence-electron chi connectivity index (χ4n) is 2.80. The number of carbonyl (C=O) groups is 2. The first-order chi connectivity index (χ1) is 10.1. The van der Waals surface area contributed by atoms with Gasteiger partial charge in [-0.15, -0.1) is 0 Å². The van der Waals surface area contributed by atoms with Gasteiger partial charge in [-0.3, -0.25) is 9.59 Å². The lowest BCUT2D eigenvalue weighted by atomic mass is 10.1. The Hall–Kier alpha value is -1.96. The Kier molecular flexibility index (Phi) is 3.87. The van der Waals surface area contributed by atoms with Crippen molar-refractivity contribution >= 4 is 11.8 Å². The first-order valence-corrected chi connectivity index (χ1v) is 7.30. The summed E-state index contributed by atoms with van der Waals surface area (Å²) >= 11 is 0. The van der Waals surface area contributed by atoms with Gasteiger partial charge < -0.3 is 15.5 Å². The molecule has 0 saturated carbocycles. The quantitative estimate of drug-likeness (QED) is 0.704. The molecule has 0 aromatic carbocycles. The maximum atomic E-state index is 12.1. The Morgan fingerprint density at radius 1 is 1.52 bits per heavy atom. The van der Waals surface area contributed by atoms with Gasteiger partial charge >= 0.3 is 0 Å². The lowest BCUT2D eigenvalue weighted by Gasteiger charge is -2.28. The molecule has 0 bridgehead atoms. The molecule has 3 rings (SSSR count). The molecular formula is C13H20N6O2. The molecule has 1 aromatic rings. The average Bonchev–Trinajstić information content (AvgIpc) is 2.84. The molecule has 0 radical (unpaired) electrons. The number of aryl methyl sites for hydroxylation is 2. The maximum absolute atomic E-state index is 12.1. The summed E-state index contributed by atoms with van der Waals surface area (Å²) in [4.78, 5) is 29.3. The lowest BCUT2D eigenvalue weighted by molar-refractivity contribution is -0.137. The number of piperazine rings is 1. The molecule has 1 saturated heterocycles. The summed E-state index contributed by atoms with van der Waals surface area (Å²) in [6.45, 7) is 4.18. The van der Waals surface area contributed by atoms with Crippen LogP contribution in [-0.4, -0.2) is 63.7 Å². The summed E-state index contributed by atoms with van der Waals surface area (Å²) in [6, 6.07) is 0.223.